The summed E-state index contributed by atoms with van der Waals surface area (Å²) in [5.41, 5.74) is 18.1. The second kappa shape index (κ2) is 9.29. The molecule has 0 bridgehead atoms. The van der Waals surface area contributed by atoms with Crippen molar-refractivity contribution in [1.82, 2.24) is 15.0 Å². The van der Waals surface area contributed by atoms with E-state index in [4.69, 9.17) is 17.2 Å². The van der Waals surface area contributed by atoms with Crippen LogP contribution in [0.5, 0.6) is 0 Å². The molecule has 0 amide bonds. The van der Waals surface area contributed by atoms with Crippen molar-refractivity contribution in [3.8, 4) is 11.4 Å². The van der Waals surface area contributed by atoms with Gasteiger partial charge in [-0.15, -0.1) is 24.8 Å². The van der Waals surface area contributed by atoms with E-state index in [0.29, 0.717) is 23.4 Å². The van der Waals surface area contributed by atoms with Crippen molar-refractivity contribution in [2.45, 2.75) is 25.1 Å². The minimum absolute atomic E-state index is 0. The van der Waals surface area contributed by atoms with Gasteiger partial charge in [-0.3, -0.25) is 4.98 Å². The van der Waals surface area contributed by atoms with Crippen molar-refractivity contribution >= 4 is 53.0 Å². The molecule has 1 aliphatic rings. The Labute approximate surface area is 189 Å². The van der Waals surface area contributed by atoms with E-state index >= 15 is 0 Å². The molecule has 6 N–H and O–H groups in total. The van der Waals surface area contributed by atoms with Gasteiger partial charge < -0.3 is 22.1 Å². The van der Waals surface area contributed by atoms with Crippen LogP contribution >= 0.6 is 24.8 Å². The molecular formula is C19H22Cl2F3N7. The Morgan fingerprint density at radius 3 is 2.35 bits per heavy atom. The monoisotopic (exact) mass is 475 g/mol. The quantitative estimate of drug-likeness (QED) is 0.483. The summed E-state index contributed by atoms with van der Waals surface area (Å²) in [5.74, 6) is 0.725. The van der Waals surface area contributed by atoms with Crippen LogP contribution in [0.3, 0.4) is 0 Å². The van der Waals surface area contributed by atoms with Gasteiger partial charge in [0, 0.05) is 36.7 Å². The van der Waals surface area contributed by atoms with Gasteiger partial charge in [0.1, 0.15) is 5.52 Å². The van der Waals surface area contributed by atoms with Crippen molar-refractivity contribution in [3.63, 3.8) is 0 Å². The van der Waals surface area contributed by atoms with Gasteiger partial charge in [-0.1, -0.05) is 0 Å². The normalized spacial score (nSPS) is 16.5. The predicted molar refractivity (Wildman–Crippen MR) is 121 cm³/mol. The Morgan fingerprint density at radius 2 is 1.74 bits per heavy atom. The molecule has 0 aliphatic carbocycles. The minimum atomic E-state index is -4.55. The van der Waals surface area contributed by atoms with E-state index in [9.17, 15) is 13.2 Å². The SMILES string of the molecule is Cl.Cl.Nc1cc(C(F)(F)F)cc(N)c1-c1nc(N2CCCC(N)C2)c2ncccc2n1. The third-order valence-electron chi connectivity index (χ3n) is 4.94. The molecule has 0 saturated carbocycles. The zero-order valence-corrected chi connectivity index (χ0v) is 17.9. The first-order chi connectivity index (χ1) is 13.7. The first-order valence-electron chi connectivity index (χ1n) is 9.14. The van der Waals surface area contributed by atoms with Crippen molar-refractivity contribution in [3.05, 3.63) is 36.0 Å². The zero-order chi connectivity index (χ0) is 20.8. The van der Waals surface area contributed by atoms with E-state index in [-0.39, 0.29) is 53.6 Å². The number of halogens is 5. The smallest absolute Gasteiger partial charge is 0.398 e. The molecule has 2 aromatic heterocycles. The summed E-state index contributed by atoms with van der Waals surface area (Å²) in [5, 5.41) is 0. The maximum atomic E-state index is 13.1. The predicted octanol–water partition coefficient (Wildman–Crippen LogP) is 3.65. The molecule has 168 valence electrons. The van der Waals surface area contributed by atoms with Crippen LogP contribution in [0.25, 0.3) is 22.4 Å². The van der Waals surface area contributed by atoms with Crippen molar-refractivity contribution < 1.29 is 13.2 Å². The molecular weight excluding hydrogens is 454 g/mol. The lowest BCUT2D eigenvalue weighted by molar-refractivity contribution is -0.137. The Hall–Kier alpha value is -2.56. The number of benzene rings is 1. The van der Waals surface area contributed by atoms with E-state index in [1.165, 1.54) is 0 Å². The Kier molecular flexibility index (Phi) is 7.40. The lowest BCUT2D eigenvalue weighted by Gasteiger charge is -2.32. The number of nitrogen functional groups attached to an aromatic ring is 2. The molecule has 1 aliphatic heterocycles. The van der Waals surface area contributed by atoms with E-state index in [2.05, 4.69) is 15.0 Å². The standard InChI is InChI=1S/C19H20F3N7.2ClH/c20-19(21,22)10-7-12(24)15(13(25)8-10)17-27-14-4-1-5-26-16(14)18(28-17)29-6-2-3-11(23)9-29;;/h1,4-5,7-8,11H,2-3,6,9,23-25H2;2*1H. The molecule has 4 rings (SSSR count). The average molecular weight is 476 g/mol. The van der Waals surface area contributed by atoms with Crippen LogP contribution in [0.2, 0.25) is 0 Å². The van der Waals surface area contributed by atoms with Gasteiger partial charge in [-0.25, -0.2) is 9.97 Å². The molecule has 3 aromatic rings. The highest BCUT2D eigenvalue weighted by molar-refractivity contribution is 5.91. The molecule has 1 fully saturated rings. The molecule has 1 aromatic carbocycles. The van der Waals surface area contributed by atoms with Crippen molar-refractivity contribution in [2.24, 2.45) is 5.73 Å². The van der Waals surface area contributed by atoms with Gasteiger partial charge in [0.25, 0.3) is 0 Å². The number of hydrogen-bond donors (Lipinski definition) is 3. The fourth-order valence-electron chi connectivity index (χ4n) is 3.60. The Balaban J connectivity index is 0.00000171. The minimum Gasteiger partial charge on any atom is -0.398 e. The lowest BCUT2D eigenvalue weighted by atomic mass is 10.0. The summed E-state index contributed by atoms with van der Waals surface area (Å²) in [6.07, 6.45) is -1.10. The van der Waals surface area contributed by atoms with Crippen molar-refractivity contribution in [1.29, 1.82) is 0 Å². The highest BCUT2D eigenvalue weighted by atomic mass is 35.5. The first kappa shape index (κ1) is 24.7. The number of nitrogens with zero attached hydrogens (tertiary/aromatic N) is 4. The maximum Gasteiger partial charge on any atom is 0.416 e. The lowest BCUT2D eigenvalue weighted by Crippen LogP contribution is -2.43. The first-order valence-corrected chi connectivity index (χ1v) is 9.14. The third-order valence-corrected chi connectivity index (χ3v) is 4.94. The summed E-state index contributed by atoms with van der Waals surface area (Å²) in [6.45, 7) is 1.34. The van der Waals surface area contributed by atoms with E-state index in [1.807, 2.05) is 4.90 Å². The zero-order valence-electron chi connectivity index (χ0n) is 16.3. The average Bonchev–Trinajstić information content (AvgIpc) is 2.66. The Morgan fingerprint density at radius 1 is 1.06 bits per heavy atom. The molecule has 1 saturated heterocycles. The van der Waals surface area contributed by atoms with Crippen LogP contribution < -0.4 is 22.1 Å². The fourth-order valence-corrected chi connectivity index (χ4v) is 3.60. The van der Waals surface area contributed by atoms with Gasteiger partial charge in [0.2, 0.25) is 0 Å². The fraction of sp³-hybridized carbons (Fsp3) is 0.316. The number of anilines is 3. The van der Waals surface area contributed by atoms with E-state index in [0.717, 1.165) is 31.5 Å². The summed E-state index contributed by atoms with van der Waals surface area (Å²) in [7, 11) is 0. The number of nitrogens with two attached hydrogens (primary N) is 3. The molecule has 0 spiro atoms. The van der Waals surface area contributed by atoms with Crippen LogP contribution in [0.1, 0.15) is 18.4 Å². The number of hydrogen-bond acceptors (Lipinski definition) is 7. The number of aromatic nitrogens is 3. The van der Waals surface area contributed by atoms with Gasteiger partial charge in [-0.05, 0) is 37.1 Å². The van der Waals surface area contributed by atoms with Gasteiger partial charge >= 0.3 is 6.18 Å². The molecule has 7 nitrogen and oxygen atoms in total. The number of rotatable bonds is 2. The maximum absolute atomic E-state index is 13.1. The molecule has 3 heterocycles. The molecule has 12 heteroatoms. The molecule has 31 heavy (non-hydrogen) atoms. The number of pyridine rings is 1. The van der Waals surface area contributed by atoms with Crippen LogP contribution in [0, 0.1) is 0 Å². The third kappa shape index (κ3) is 4.86. The largest absolute Gasteiger partial charge is 0.416 e. The molecule has 0 radical (unpaired) electrons. The highest BCUT2D eigenvalue weighted by Gasteiger charge is 2.32. The van der Waals surface area contributed by atoms with E-state index in [1.54, 1.807) is 18.3 Å². The highest BCUT2D eigenvalue weighted by Crippen LogP contribution is 2.39. The van der Waals surface area contributed by atoms with Gasteiger partial charge in [0.05, 0.1) is 16.6 Å². The Bertz CT molecular complexity index is 1060. The summed E-state index contributed by atoms with van der Waals surface area (Å²) >= 11 is 0. The van der Waals surface area contributed by atoms with Crippen LogP contribution in [-0.2, 0) is 6.18 Å². The molecule has 1 unspecified atom stereocenters. The summed E-state index contributed by atoms with van der Waals surface area (Å²) in [6, 6.07) is 5.18. The van der Waals surface area contributed by atoms with Crippen molar-refractivity contribution in [2.75, 3.05) is 29.5 Å². The van der Waals surface area contributed by atoms with Gasteiger partial charge in [0.15, 0.2) is 11.6 Å². The number of fused-ring (bicyclic) bond motifs is 1. The summed E-state index contributed by atoms with van der Waals surface area (Å²) in [4.78, 5) is 15.5. The second-order valence-corrected chi connectivity index (χ2v) is 7.12. The number of piperidine rings is 1. The topological polar surface area (TPSA) is 120 Å². The number of alkyl halides is 3. The summed E-state index contributed by atoms with van der Waals surface area (Å²) < 4.78 is 39.2. The van der Waals surface area contributed by atoms with Gasteiger partial charge in [-0.2, -0.15) is 13.2 Å². The second-order valence-electron chi connectivity index (χ2n) is 7.12. The van der Waals surface area contributed by atoms with Crippen LogP contribution in [0.4, 0.5) is 30.4 Å². The molecule has 1 atom stereocenters. The van der Waals surface area contributed by atoms with Crippen LogP contribution in [0.15, 0.2) is 30.5 Å². The van der Waals surface area contributed by atoms with E-state index < -0.39 is 11.7 Å². The van der Waals surface area contributed by atoms with Crippen LogP contribution in [-0.4, -0.2) is 34.1 Å².